The Bertz CT molecular complexity index is 1190. The maximum Gasteiger partial charge on any atom is 0.405 e. The molecular formula is C31H41N5O3. The SMILES string of the molecule is CC(C)(OC(N)=O)C(Cc1ccc(CNC2CCCCC2NCc2ccccn2)cc1)Cc1ncccc1O. The third-order valence-corrected chi connectivity index (χ3v) is 7.76. The van der Waals surface area contributed by atoms with Gasteiger partial charge in [-0.25, -0.2) is 4.79 Å². The molecule has 0 saturated heterocycles. The van der Waals surface area contributed by atoms with Gasteiger partial charge in [-0.1, -0.05) is 43.2 Å². The van der Waals surface area contributed by atoms with Crippen LogP contribution in [0.1, 0.15) is 62.0 Å². The average molecular weight is 532 g/mol. The van der Waals surface area contributed by atoms with Gasteiger partial charge in [0.1, 0.15) is 11.4 Å². The van der Waals surface area contributed by atoms with Crippen LogP contribution in [0.15, 0.2) is 67.0 Å². The Morgan fingerprint density at radius 3 is 2.26 bits per heavy atom. The number of aromatic hydroxyl groups is 1. The summed E-state index contributed by atoms with van der Waals surface area (Å²) in [6.07, 6.45) is 8.60. The summed E-state index contributed by atoms with van der Waals surface area (Å²) in [4.78, 5) is 20.4. The summed E-state index contributed by atoms with van der Waals surface area (Å²) in [5.41, 5.74) is 8.51. The number of primary amides is 1. The highest BCUT2D eigenvalue weighted by Crippen LogP contribution is 2.31. The third kappa shape index (κ3) is 8.50. The van der Waals surface area contributed by atoms with Crippen LogP contribution < -0.4 is 16.4 Å². The number of benzene rings is 1. The second kappa shape index (κ2) is 13.5. The quantitative estimate of drug-likeness (QED) is 0.268. The molecule has 1 aliphatic carbocycles. The van der Waals surface area contributed by atoms with Crippen molar-refractivity contribution in [1.82, 2.24) is 20.6 Å². The standard InChI is InChI=1S/C31H41N5O3/c1-31(2,39-30(32)38)24(19-28-29(37)11-7-17-34-28)18-22-12-14-23(15-13-22)20-35-26-9-3-4-10-27(26)36-21-25-8-5-6-16-33-25/h5-8,11-17,24,26-27,35-37H,3-4,9-10,18-21H2,1-2H3,(H2,32,38). The molecule has 1 aliphatic rings. The smallest absolute Gasteiger partial charge is 0.405 e. The fourth-order valence-corrected chi connectivity index (χ4v) is 5.41. The molecule has 8 nitrogen and oxygen atoms in total. The minimum absolute atomic E-state index is 0.134. The van der Waals surface area contributed by atoms with Gasteiger partial charge in [0.05, 0.1) is 11.4 Å². The van der Waals surface area contributed by atoms with E-state index in [1.54, 1.807) is 18.3 Å². The van der Waals surface area contributed by atoms with Gasteiger partial charge in [-0.3, -0.25) is 9.97 Å². The number of nitrogens with zero attached hydrogens (tertiary/aromatic N) is 2. The highest BCUT2D eigenvalue weighted by atomic mass is 16.6. The number of aromatic nitrogens is 2. The summed E-state index contributed by atoms with van der Waals surface area (Å²) in [5.74, 6) is -0.00251. The van der Waals surface area contributed by atoms with E-state index in [0.717, 1.165) is 30.8 Å². The first-order valence-corrected chi connectivity index (χ1v) is 13.9. The van der Waals surface area contributed by atoms with Crippen LogP contribution in [-0.2, 0) is 30.7 Å². The van der Waals surface area contributed by atoms with E-state index in [4.69, 9.17) is 10.5 Å². The molecule has 3 unspecified atom stereocenters. The minimum atomic E-state index is -0.839. The predicted molar refractivity (Wildman–Crippen MR) is 152 cm³/mol. The molecule has 1 saturated carbocycles. The average Bonchev–Trinajstić information content (AvgIpc) is 2.92. The van der Waals surface area contributed by atoms with Crippen LogP contribution in [-0.4, -0.2) is 38.9 Å². The summed E-state index contributed by atoms with van der Waals surface area (Å²) < 4.78 is 5.48. The molecule has 208 valence electrons. The van der Waals surface area contributed by atoms with E-state index in [1.807, 2.05) is 32.2 Å². The zero-order chi connectivity index (χ0) is 27.7. The van der Waals surface area contributed by atoms with Gasteiger partial charge in [0.15, 0.2) is 0 Å². The van der Waals surface area contributed by atoms with E-state index in [0.29, 0.717) is 30.6 Å². The second-order valence-corrected chi connectivity index (χ2v) is 11.0. The highest BCUT2D eigenvalue weighted by Gasteiger charge is 2.34. The number of carbonyl (C=O) groups excluding carboxylic acids is 1. The topological polar surface area (TPSA) is 122 Å². The van der Waals surface area contributed by atoms with Crippen molar-refractivity contribution in [3.63, 3.8) is 0 Å². The minimum Gasteiger partial charge on any atom is -0.506 e. The van der Waals surface area contributed by atoms with Crippen LogP contribution in [0.25, 0.3) is 0 Å². The Morgan fingerprint density at radius 2 is 1.62 bits per heavy atom. The number of hydrogen-bond acceptors (Lipinski definition) is 7. The number of hydrogen-bond donors (Lipinski definition) is 4. The van der Waals surface area contributed by atoms with Crippen LogP contribution in [0.5, 0.6) is 5.75 Å². The van der Waals surface area contributed by atoms with Crippen molar-refractivity contribution in [2.75, 3.05) is 0 Å². The van der Waals surface area contributed by atoms with Gasteiger partial charge in [-0.2, -0.15) is 0 Å². The Hall–Kier alpha value is -3.49. The molecule has 0 spiro atoms. The number of carbonyl (C=O) groups is 1. The molecule has 0 radical (unpaired) electrons. The van der Waals surface area contributed by atoms with Crippen molar-refractivity contribution >= 4 is 6.09 Å². The molecule has 4 rings (SSSR count). The number of ether oxygens (including phenoxy) is 1. The van der Waals surface area contributed by atoms with Crippen molar-refractivity contribution in [2.24, 2.45) is 11.7 Å². The molecular weight excluding hydrogens is 490 g/mol. The van der Waals surface area contributed by atoms with E-state index in [-0.39, 0.29) is 11.7 Å². The van der Waals surface area contributed by atoms with Crippen LogP contribution in [0.2, 0.25) is 0 Å². The van der Waals surface area contributed by atoms with E-state index < -0.39 is 11.7 Å². The maximum atomic E-state index is 11.6. The van der Waals surface area contributed by atoms with Gasteiger partial charge in [-0.15, -0.1) is 0 Å². The lowest BCUT2D eigenvalue weighted by molar-refractivity contribution is -0.00185. The number of nitrogens with one attached hydrogen (secondary N) is 2. The van der Waals surface area contributed by atoms with E-state index in [2.05, 4.69) is 50.9 Å². The molecule has 2 aromatic heterocycles. The lowest BCUT2D eigenvalue weighted by Gasteiger charge is -2.34. The Balaban J connectivity index is 1.36. The van der Waals surface area contributed by atoms with Crippen LogP contribution >= 0.6 is 0 Å². The van der Waals surface area contributed by atoms with E-state index in [1.165, 1.54) is 24.8 Å². The normalized spacial score (nSPS) is 18.4. The zero-order valence-corrected chi connectivity index (χ0v) is 23.0. The first-order valence-electron chi connectivity index (χ1n) is 13.9. The van der Waals surface area contributed by atoms with Crippen LogP contribution in [0.3, 0.4) is 0 Å². The molecule has 0 aliphatic heterocycles. The van der Waals surface area contributed by atoms with Gasteiger partial charge in [0, 0.05) is 49.9 Å². The number of rotatable bonds is 12. The van der Waals surface area contributed by atoms with Gasteiger partial charge >= 0.3 is 6.09 Å². The molecule has 1 fully saturated rings. The Kier molecular flexibility index (Phi) is 9.90. The molecule has 1 amide bonds. The molecule has 3 atom stereocenters. The van der Waals surface area contributed by atoms with Crippen molar-refractivity contribution < 1.29 is 14.6 Å². The highest BCUT2D eigenvalue weighted by molar-refractivity contribution is 5.65. The van der Waals surface area contributed by atoms with Crippen molar-refractivity contribution in [3.05, 3.63) is 89.5 Å². The Morgan fingerprint density at radius 1 is 0.949 bits per heavy atom. The molecule has 0 bridgehead atoms. The van der Waals surface area contributed by atoms with E-state index in [9.17, 15) is 9.90 Å². The number of amides is 1. The molecule has 2 heterocycles. The van der Waals surface area contributed by atoms with Gasteiger partial charge in [-0.05, 0) is 68.5 Å². The zero-order valence-electron chi connectivity index (χ0n) is 23.0. The Labute approximate surface area is 231 Å². The molecule has 8 heteroatoms. The van der Waals surface area contributed by atoms with Crippen LogP contribution in [0, 0.1) is 5.92 Å². The second-order valence-electron chi connectivity index (χ2n) is 11.0. The lowest BCUT2D eigenvalue weighted by atomic mass is 9.81. The summed E-state index contributed by atoms with van der Waals surface area (Å²) in [5, 5.41) is 17.8. The third-order valence-electron chi connectivity index (χ3n) is 7.76. The van der Waals surface area contributed by atoms with Gasteiger partial charge in [0.25, 0.3) is 0 Å². The molecule has 1 aromatic carbocycles. The fraction of sp³-hybridized carbons (Fsp3) is 0.452. The number of pyridine rings is 2. The fourth-order valence-electron chi connectivity index (χ4n) is 5.41. The van der Waals surface area contributed by atoms with E-state index >= 15 is 0 Å². The molecule has 5 N–H and O–H groups in total. The van der Waals surface area contributed by atoms with Crippen molar-refractivity contribution in [3.8, 4) is 5.75 Å². The predicted octanol–water partition coefficient (Wildman–Crippen LogP) is 4.65. The lowest BCUT2D eigenvalue weighted by Crippen LogP contribution is -2.49. The van der Waals surface area contributed by atoms with Crippen molar-refractivity contribution in [1.29, 1.82) is 0 Å². The first-order chi connectivity index (χ1) is 18.8. The van der Waals surface area contributed by atoms with Crippen LogP contribution in [0.4, 0.5) is 4.79 Å². The largest absolute Gasteiger partial charge is 0.506 e. The maximum absolute atomic E-state index is 11.6. The first kappa shape index (κ1) is 28.5. The summed E-state index contributed by atoms with van der Waals surface area (Å²) >= 11 is 0. The van der Waals surface area contributed by atoms with Gasteiger partial charge in [0.2, 0.25) is 0 Å². The summed E-state index contributed by atoms with van der Waals surface area (Å²) in [6.45, 7) is 5.28. The monoisotopic (exact) mass is 531 g/mol. The summed E-state index contributed by atoms with van der Waals surface area (Å²) in [6, 6.07) is 18.7. The number of nitrogens with two attached hydrogens (primary N) is 1. The van der Waals surface area contributed by atoms with Crippen molar-refractivity contribution in [2.45, 2.75) is 83.1 Å². The molecule has 39 heavy (non-hydrogen) atoms. The van der Waals surface area contributed by atoms with Gasteiger partial charge < -0.3 is 26.2 Å². The molecule has 3 aromatic rings. The summed E-state index contributed by atoms with van der Waals surface area (Å²) in [7, 11) is 0.